The molecular formula is C17H24FNO. The maximum absolute atomic E-state index is 12.9. The number of hydrogen-bond acceptors (Lipinski definition) is 2. The van der Waals surface area contributed by atoms with Gasteiger partial charge in [-0.3, -0.25) is 0 Å². The molecule has 0 aliphatic heterocycles. The summed E-state index contributed by atoms with van der Waals surface area (Å²) in [5.41, 5.74) is 1.20. The van der Waals surface area contributed by atoms with Crippen LogP contribution in [0.5, 0.6) is 0 Å². The van der Waals surface area contributed by atoms with Crippen LogP contribution in [0.4, 0.5) is 4.39 Å². The van der Waals surface area contributed by atoms with Gasteiger partial charge in [0.05, 0.1) is 6.61 Å². The molecule has 2 nitrogen and oxygen atoms in total. The molecule has 110 valence electrons. The predicted molar refractivity (Wildman–Crippen MR) is 78.2 cm³/mol. The van der Waals surface area contributed by atoms with Gasteiger partial charge in [0.25, 0.3) is 0 Å². The molecule has 0 saturated heterocycles. The molecule has 20 heavy (non-hydrogen) atoms. The number of rotatable bonds is 9. The van der Waals surface area contributed by atoms with Crippen LogP contribution in [-0.4, -0.2) is 25.8 Å². The minimum absolute atomic E-state index is 0.161. The molecule has 1 N–H and O–H groups in total. The van der Waals surface area contributed by atoms with Crippen molar-refractivity contribution in [3.63, 3.8) is 0 Å². The molecule has 1 unspecified atom stereocenters. The predicted octanol–water partition coefficient (Wildman–Crippen LogP) is 3.16. The summed E-state index contributed by atoms with van der Waals surface area (Å²) in [6.45, 7) is 2.74. The van der Waals surface area contributed by atoms with Gasteiger partial charge in [0.2, 0.25) is 0 Å². The second kappa shape index (κ2) is 6.68. The standard InChI is InChI=1S/C17H24FNO/c18-16-5-3-13(4-6-16)9-15(10-19-17-7-8-17)12-20-11-14-1-2-14/h3-6,14-15,17,19H,1-2,7-12H2. The molecule has 1 aromatic rings. The fourth-order valence-electron chi connectivity index (χ4n) is 2.45. The third kappa shape index (κ3) is 4.88. The Bertz CT molecular complexity index is 412. The first kappa shape index (κ1) is 14.0. The summed E-state index contributed by atoms with van der Waals surface area (Å²) in [4.78, 5) is 0. The number of hydrogen-bond donors (Lipinski definition) is 1. The molecule has 1 aromatic carbocycles. The van der Waals surface area contributed by atoms with Crippen LogP contribution in [-0.2, 0) is 11.2 Å². The maximum Gasteiger partial charge on any atom is 0.123 e. The lowest BCUT2D eigenvalue weighted by molar-refractivity contribution is 0.0906. The summed E-state index contributed by atoms with van der Waals surface area (Å²) in [5.74, 6) is 1.14. The topological polar surface area (TPSA) is 21.3 Å². The van der Waals surface area contributed by atoms with Gasteiger partial charge in [-0.05, 0) is 61.6 Å². The van der Waals surface area contributed by atoms with E-state index in [9.17, 15) is 4.39 Å². The second-order valence-corrected chi connectivity index (χ2v) is 6.36. The first-order chi connectivity index (χ1) is 9.79. The highest BCUT2D eigenvalue weighted by Gasteiger charge is 2.24. The molecule has 0 spiro atoms. The first-order valence-electron chi connectivity index (χ1n) is 7.85. The SMILES string of the molecule is Fc1ccc(CC(CNC2CC2)COCC2CC2)cc1. The van der Waals surface area contributed by atoms with E-state index >= 15 is 0 Å². The average molecular weight is 277 g/mol. The number of halogens is 1. The van der Waals surface area contributed by atoms with Crippen molar-refractivity contribution in [1.29, 1.82) is 0 Å². The molecule has 0 heterocycles. The lowest BCUT2D eigenvalue weighted by Gasteiger charge is -2.18. The molecule has 0 radical (unpaired) electrons. The number of benzene rings is 1. The number of nitrogens with one attached hydrogen (secondary N) is 1. The second-order valence-electron chi connectivity index (χ2n) is 6.36. The molecule has 1 atom stereocenters. The molecule has 2 aliphatic carbocycles. The number of ether oxygens (including phenoxy) is 1. The van der Waals surface area contributed by atoms with Crippen molar-refractivity contribution in [2.75, 3.05) is 19.8 Å². The van der Waals surface area contributed by atoms with Gasteiger partial charge in [0, 0.05) is 19.2 Å². The largest absolute Gasteiger partial charge is 0.381 e. The summed E-state index contributed by atoms with van der Waals surface area (Å²) in [6.07, 6.45) is 6.26. The Hall–Kier alpha value is -0.930. The van der Waals surface area contributed by atoms with Crippen LogP contribution in [0.25, 0.3) is 0 Å². The van der Waals surface area contributed by atoms with Gasteiger partial charge in [-0.25, -0.2) is 4.39 Å². The van der Waals surface area contributed by atoms with Gasteiger partial charge in [0.1, 0.15) is 5.82 Å². The summed E-state index contributed by atoms with van der Waals surface area (Å²) >= 11 is 0. The lowest BCUT2D eigenvalue weighted by atomic mass is 10.00. The van der Waals surface area contributed by atoms with Gasteiger partial charge in [-0.2, -0.15) is 0 Å². The van der Waals surface area contributed by atoms with Crippen molar-refractivity contribution in [3.8, 4) is 0 Å². The van der Waals surface area contributed by atoms with Gasteiger partial charge in [0.15, 0.2) is 0 Å². The fourth-order valence-corrected chi connectivity index (χ4v) is 2.45. The Morgan fingerprint density at radius 3 is 2.55 bits per heavy atom. The highest BCUT2D eigenvalue weighted by atomic mass is 19.1. The van der Waals surface area contributed by atoms with Crippen molar-refractivity contribution < 1.29 is 9.13 Å². The first-order valence-corrected chi connectivity index (χ1v) is 7.85. The summed E-state index contributed by atoms with van der Waals surface area (Å²) in [7, 11) is 0. The molecule has 0 bridgehead atoms. The quantitative estimate of drug-likeness (QED) is 0.748. The van der Waals surface area contributed by atoms with Crippen molar-refractivity contribution in [3.05, 3.63) is 35.6 Å². The van der Waals surface area contributed by atoms with Gasteiger partial charge < -0.3 is 10.1 Å². The Balaban J connectivity index is 1.47. The van der Waals surface area contributed by atoms with Crippen molar-refractivity contribution >= 4 is 0 Å². The Morgan fingerprint density at radius 2 is 1.90 bits per heavy atom. The van der Waals surface area contributed by atoms with Crippen LogP contribution in [0.15, 0.2) is 24.3 Å². The van der Waals surface area contributed by atoms with E-state index in [0.717, 1.165) is 38.1 Å². The highest BCUT2D eigenvalue weighted by molar-refractivity contribution is 5.16. The van der Waals surface area contributed by atoms with E-state index < -0.39 is 0 Å². The third-order valence-corrected chi connectivity index (χ3v) is 4.11. The molecule has 2 fully saturated rings. The Labute approximate surface area is 120 Å². The van der Waals surface area contributed by atoms with E-state index in [2.05, 4.69) is 5.32 Å². The monoisotopic (exact) mass is 277 g/mol. The van der Waals surface area contributed by atoms with E-state index in [1.54, 1.807) is 12.1 Å². The molecule has 2 aliphatic rings. The molecule has 3 rings (SSSR count). The molecule has 2 saturated carbocycles. The summed E-state index contributed by atoms with van der Waals surface area (Å²) in [6, 6.07) is 7.60. The van der Waals surface area contributed by atoms with E-state index in [1.807, 2.05) is 12.1 Å². The molecular weight excluding hydrogens is 253 g/mol. The summed E-state index contributed by atoms with van der Waals surface area (Å²) in [5, 5.41) is 3.59. The van der Waals surface area contributed by atoms with Gasteiger partial charge in [-0.15, -0.1) is 0 Å². The van der Waals surface area contributed by atoms with Crippen molar-refractivity contribution in [2.45, 2.75) is 38.1 Å². The fraction of sp³-hybridized carbons (Fsp3) is 0.647. The van der Waals surface area contributed by atoms with Crippen LogP contribution in [0.3, 0.4) is 0 Å². The van der Waals surface area contributed by atoms with Crippen molar-refractivity contribution in [1.82, 2.24) is 5.32 Å². The van der Waals surface area contributed by atoms with E-state index in [4.69, 9.17) is 4.74 Å². The van der Waals surface area contributed by atoms with Crippen LogP contribution in [0.1, 0.15) is 31.2 Å². The Morgan fingerprint density at radius 1 is 1.15 bits per heavy atom. The summed E-state index contributed by atoms with van der Waals surface area (Å²) < 4.78 is 18.8. The zero-order valence-corrected chi connectivity index (χ0v) is 12.0. The van der Waals surface area contributed by atoms with Crippen LogP contribution in [0.2, 0.25) is 0 Å². The minimum atomic E-state index is -0.161. The Kier molecular flexibility index (Phi) is 4.69. The minimum Gasteiger partial charge on any atom is -0.381 e. The van der Waals surface area contributed by atoms with E-state index in [-0.39, 0.29) is 5.82 Å². The third-order valence-electron chi connectivity index (χ3n) is 4.11. The van der Waals surface area contributed by atoms with Crippen molar-refractivity contribution in [2.24, 2.45) is 11.8 Å². The molecule has 3 heteroatoms. The zero-order chi connectivity index (χ0) is 13.8. The van der Waals surface area contributed by atoms with Gasteiger partial charge >= 0.3 is 0 Å². The lowest BCUT2D eigenvalue weighted by Crippen LogP contribution is -2.29. The smallest absolute Gasteiger partial charge is 0.123 e. The van der Waals surface area contributed by atoms with E-state index in [1.165, 1.54) is 31.2 Å². The van der Waals surface area contributed by atoms with E-state index in [0.29, 0.717) is 5.92 Å². The van der Waals surface area contributed by atoms with Crippen LogP contribution >= 0.6 is 0 Å². The molecule has 0 amide bonds. The van der Waals surface area contributed by atoms with Crippen LogP contribution < -0.4 is 5.32 Å². The average Bonchev–Trinajstić information content (AvgIpc) is 3.33. The maximum atomic E-state index is 12.9. The zero-order valence-electron chi connectivity index (χ0n) is 12.0. The normalized spacial score (nSPS) is 20.1. The van der Waals surface area contributed by atoms with Crippen LogP contribution in [0, 0.1) is 17.7 Å². The highest BCUT2D eigenvalue weighted by Crippen LogP contribution is 2.29. The van der Waals surface area contributed by atoms with Gasteiger partial charge in [-0.1, -0.05) is 12.1 Å². The molecule has 0 aromatic heterocycles.